The molecule has 0 spiro atoms. The second kappa shape index (κ2) is 8.51. The highest BCUT2D eigenvalue weighted by molar-refractivity contribution is 14.1. The van der Waals surface area contributed by atoms with Gasteiger partial charge in [-0.1, -0.05) is 58.6 Å². The lowest BCUT2D eigenvalue weighted by molar-refractivity contribution is 0.191. The lowest BCUT2D eigenvalue weighted by Crippen LogP contribution is -2.45. The van der Waals surface area contributed by atoms with Crippen LogP contribution in [-0.4, -0.2) is 42.5 Å². The van der Waals surface area contributed by atoms with Crippen LogP contribution in [0.1, 0.15) is 16.7 Å². The Bertz CT molecular complexity index is 937. The fourth-order valence-electron chi connectivity index (χ4n) is 3.56. The third kappa shape index (κ3) is 4.08. The van der Waals surface area contributed by atoms with Gasteiger partial charge >= 0.3 is 0 Å². The molecule has 2 aromatic rings. The van der Waals surface area contributed by atoms with Gasteiger partial charge in [0.05, 0.1) is 11.6 Å². The van der Waals surface area contributed by atoms with Crippen molar-refractivity contribution in [2.75, 3.05) is 32.7 Å². The Morgan fingerprint density at radius 2 is 1.89 bits per heavy atom. The van der Waals surface area contributed by atoms with Crippen molar-refractivity contribution in [3.8, 4) is 6.07 Å². The predicted octanol–water partition coefficient (Wildman–Crippen LogP) is 5.09. The molecule has 0 aliphatic carbocycles. The molecule has 1 saturated heterocycles. The van der Waals surface area contributed by atoms with Crippen LogP contribution in [0.5, 0.6) is 0 Å². The molecular weight excluding hydrogens is 465 g/mol. The minimum atomic E-state index is 0.714. The average molecular weight is 485 g/mol. The maximum atomic E-state index is 9.30. The van der Waals surface area contributed by atoms with Crippen molar-refractivity contribution >= 4 is 46.1 Å². The molecule has 2 aliphatic rings. The van der Waals surface area contributed by atoms with Gasteiger partial charge in [-0.2, -0.15) is 5.26 Å². The molecule has 27 heavy (non-hydrogen) atoms. The molecule has 2 aromatic carbocycles. The van der Waals surface area contributed by atoms with E-state index in [1.165, 1.54) is 21.1 Å². The molecular formula is C22H20IN3S. The number of nitriles is 1. The van der Waals surface area contributed by atoms with Crippen LogP contribution in [0.25, 0.3) is 11.8 Å². The summed E-state index contributed by atoms with van der Waals surface area (Å²) in [4.78, 5) is 7.48. The molecule has 0 bridgehead atoms. The summed E-state index contributed by atoms with van der Waals surface area (Å²) < 4.78 is 2.09. The molecule has 2 aliphatic heterocycles. The Balaban J connectivity index is 1.69. The van der Waals surface area contributed by atoms with Gasteiger partial charge in [0.2, 0.25) is 0 Å². The smallest absolute Gasteiger partial charge is 0.0991 e. The summed E-state index contributed by atoms with van der Waals surface area (Å²) in [6.45, 7) is 5.20. The van der Waals surface area contributed by atoms with E-state index >= 15 is 0 Å². The first kappa shape index (κ1) is 18.6. The molecule has 2 heterocycles. The Morgan fingerprint density at radius 3 is 2.67 bits per heavy atom. The van der Waals surface area contributed by atoms with Crippen LogP contribution >= 0.6 is 34.4 Å². The number of rotatable bonds is 3. The fourth-order valence-corrected chi connectivity index (χ4v) is 4.82. The summed E-state index contributed by atoms with van der Waals surface area (Å²) in [6, 6.07) is 16.9. The van der Waals surface area contributed by atoms with E-state index in [0.29, 0.717) is 5.56 Å². The topological polar surface area (TPSA) is 30.3 Å². The Morgan fingerprint density at radius 1 is 1.07 bits per heavy atom. The van der Waals surface area contributed by atoms with Crippen molar-refractivity contribution in [3.05, 3.63) is 69.3 Å². The maximum absolute atomic E-state index is 9.30. The van der Waals surface area contributed by atoms with Crippen molar-refractivity contribution in [3.63, 3.8) is 0 Å². The van der Waals surface area contributed by atoms with Crippen molar-refractivity contribution in [2.45, 2.75) is 9.79 Å². The minimum absolute atomic E-state index is 0.714. The van der Waals surface area contributed by atoms with E-state index in [-0.39, 0.29) is 0 Å². The maximum Gasteiger partial charge on any atom is 0.0991 e. The van der Waals surface area contributed by atoms with Gasteiger partial charge in [0.15, 0.2) is 0 Å². The van der Waals surface area contributed by atoms with Crippen LogP contribution in [0.2, 0.25) is 0 Å². The molecule has 3 nitrogen and oxygen atoms in total. The van der Waals surface area contributed by atoms with E-state index in [4.69, 9.17) is 0 Å². The van der Waals surface area contributed by atoms with Crippen molar-refractivity contribution < 1.29 is 0 Å². The molecule has 0 aromatic heterocycles. The third-order valence-corrected chi connectivity index (χ3v) is 6.66. The fraction of sp³-hybridized carbons (Fsp3) is 0.227. The van der Waals surface area contributed by atoms with E-state index in [0.717, 1.165) is 38.3 Å². The van der Waals surface area contributed by atoms with Crippen LogP contribution in [0, 0.1) is 11.3 Å². The number of piperazine rings is 1. The summed E-state index contributed by atoms with van der Waals surface area (Å²) in [7, 11) is 0. The van der Waals surface area contributed by atoms with Gasteiger partial charge in [0.1, 0.15) is 0 Å². The van der Waals surface area contributed by atoms with Gasteiger partial charge in [-0.3, -0.25) is 4.90 Å². The lowest BCUT2D eigenvalue weighted by Gasteiger charge is -2.37. The number of nitrogens with zero attached hydrogens (tertiary/aromatic N) is 3. The van der Waals surface area contributed by atoms with Crippen LogP contribution in [-0.2, 0) is 0 Å². The lowest BCUT2D eigenvalue weighted by atomic mass is 10.0. The predicted molar refractivity (Wildman–Crippen MR) is 121 cm³/mol. The highest BCUT2D eigenvalue weighted by atomic mass is 127. The van der Waals surface area contributed by atoms with Gasteiger partial charge in [-0.25, -0.2) is 0 Å². The minimum Gasteiger partial charge on any atom is -0.368 e. The van der Waals surface area contributed by atoms with E-state index in [9.17, 15) is 5.26 Å². The van der Waals surface area contributed by atoms with Gasteiger partial charge in [-0.05, 0) is 40.0 Å². The Kier molecular flexibility index (Phi) is 5.86. The average Bonchev–Trinajstić information content (AvgIpc) is 2.88. The number of fused-ring (bicyclic) bond motifs is 2. The summed E-state index contributed by atoms with van der Waals surface area (Å²) >= 11 is 4.07. The second-order valence-electron chi connectivity index (χ2n) is 6.64. The SMILES string of the molecule is N#Cc1ccc2c(c1)C=C(N1CCN(CC=CI)CC1)c1ccccc1S2. The third-order valence-electron chi connectivity index (χ3n) is 4.98. The molecule has 4 rings (SSSR count). The number of benzene rings is 2. The number of hydrogen-bond donors (Lipinski definition) is 0. The summed E-state index contributed by atoms with van der Waals surface area (Å²) in [6.07, 6.45) is 4.49. The van der Waals surface area contributed by atoms with Gasteiger partial charge in [-0.15, -0.1) is 0 Å². The zero-order valence-electron chi connectivity index (χ0n) is 14.9. The normalized spacial score (nSPS) is 17.0. The second-order valence-corrected chi connectivity index (χ2v) is 8.44. The highest BCUT2D eigenvalue weighted by Crippen LogP contribution is 2.41. The standard InChI is InChI=1S/C22H20IN3S/c23-8-3-9-25-10-12-26(13-11-25)20-15-18-14-17(16-24)6-7-21(18)27-22-5-2-1-4-19(20)22/h1-8,14-15H,9-13H2. The van der Waals surface area contributed by atoms with Crippen LogP contribution in [0.15, 0.2) is 62.4 Å². The largest absolute Gasteiger partial charge is 0.368 e. The van der Waals surface area contributed by atoms with Gasteiger partial charge in [0, 0.05) is 53.8 Å². The Labute approximate surface area is 178 Å². The van der Waals surface area contributed by atoms with Gasteiger partial charge in [0.25, 0.3) is 0 Å². The molecule has 0 N–H and O–H groups in total. The Hall–Kier alpha value is -1.75. The monoisotopic (exact) mass is 485 g/mol. The van der Waals surface area contributed by atoms with Crippen LogP contribution in [0.3, 0.4) is 0 Å². The molecule has 0 radical (unpaired) electrons. The number of hydrogen-bond acceptors (Lipinski definition) is 4. The van der Waals surface area contributed by atoms with E-state index < -0.39 is 0 Å². The van der Waals surface area contributed by atoms with Crippen LogP contribution in [0.4, 0.5) is 0 Å². The molecule has 5 heteroatoms. The molecule has 0 atom stereocenters. The van der Waals surface area contributed by atoms with Gasteiger partial charge < -0.3 is 4.90 Å². The molecule has 0 saturated carbocycles. The van der Waals surface area contributed by atoms with E-state index in [1.54, 1.807) is 11.8 Å². The quantitative estimate of drug-likeness (QED) is 0.567. The van der Waals surface area contributed by atoms with E-state index in [1.807, 2.05) is 12.1 Å². The summed E-state index contributed by atoms with van der Waals surface area (Å²) in [5.74, 6) is 0. The van der Waals surface area contributed by atoms with Crippen molar-refractivity contribution in [1.29, 1.82) is 5.26 Å². The first-order valence-corrected chi connectivity index (χ1v) is 11.1. The molecule has 136 valence electrons. The first-order chi connectivity index (χ1) is 13.3. The molecule has 1 fully saturated rings. The first-order valence-electron chi connectivity index (χ1n) is 9.04. The van der Waals surface area contributed by atoms with Crippen molar-refractivity contribution in [2.24, 2.45) is 0 Å². The van der Waals surface area contributed by atoms with E-state index in [2.05, 4.69) is 85.0 Å². The zero-order valence-corrected chi connectivity index (χ0v) is 17.9. The summed E-state index contributed by atoms with van der Waals surface area (Å²) in [5.41, 5.74) is 4.42. The highest BCUT2D eigenvalue weighted by Gasteiger charge is 2.23. The van der Waals surface area contributed by atoms with Crippen molar-refractivity contribution in [1.82, 2.24) is 9.80 Å². The number of halogens is 1. The molecule has 0 unspecified atom stereocenters. The zero-order chi connectivity index (χ0) is 18.6. The summed E-state index contributed by atoms with van der Waals surface area (Å²) in [5, 5.41) is 9.30. The van der Waals surface area contributed by atoms with Crippen LogP contribution < -0.4 is 0 Å². The molecule has 0 amide bonds.